The van der Waals surface area contributed by atoms with Crippen LogP contribution in [0.3, 0.4) is 0 Å². The summed E-state index contributed by atoms with van der Waals surface area (Å²) in [6.45, 7) is 6.92. The largest absolute Gasteiger partial charge is 0.314 e. The molecule has 1 saturated heterocycles. The molecule has 4 nitrogen and oxygen atoms in total. The molecule has 1 aliphatic rings. The quantitative estimate of drug-likeness (QED) is 0.760. The molecule has 1 rings (SSSR count). The SMILES string of the molecule is CCCC(C)CS(=O)(=O)N1CCNCC1. The monoisotopic (exact) mass is 234 g/mol. The van der Waals surface area contributed by atoms with Gasteiger partial charge in [-0.25, -0.2) is 8.42 Å². The fourth-order valence-corrected chi connectivity index (χ4v) is 3.80. The Hall–Kier alpha value is -0.130. The molecule has 1 aliphatic heterocycles. The predicted molar refractivity (Wildman–Crippen MR) is 62.3 cm³/mol. The maximum atomic E-state index is 12.0. The van der Waals surface area contributed by atoms with Crippen LogP contribution in [0.25, 0.3) is 0 Å². The van der Waals surface area contributed by atoms with Crippen molar-refractivity contribution in [2.75, 3.05) is 31.9 Å². The first-order valence-electron chi connectivity index (χ1n) is 5.75. The summed E-state index contributed by atoms with van der Waals surface area (Å²) in [5.41, 5.74) is 0. The van der Waals surface area contributed by atoms with Crippen molar-refractivity contribution in [1.29, 1.82) is 0 Å². The Balaban J connectivity index is 2.49. The van der Waals surface area contributed by atoms with Crippen molar-refractivity contribution in [1.82, 2.24) is 9.62 Å². The molecule has 15 heavy (non-hydrogen) atoms. The van der Waals surface area contributed by atoms with Crippen molar-refractivity contribution in [2.24, 2.45) is 5.92 Å². The van der Waals surface area contributed by atoms with Crippen LogP contribution in [0.1, 0.15) is 26.7 Å². The Labute approximate surface area is 93.1 Å². The minimum absolute atomic E-state index is 0.273. The highest BCUT2D eigenvalue weighted by Crippen LogP contribution is 2.12. The van der Waals surface area contributed by atoms with Crippen molar-refractivity contribution in [3.05, 3.63) is 0 Å². The number of piperazine rings is 1. The van der Waals surface area contributed by atoms with E-state index in [0.717, 1.165) is 25.9 Å². The summed E-state index contributed by atoms with van der Waals surface area (Å²) in [5, 5.41) is 3.16. The van der Waals surface area contributed by atoms with Gasteiger partial charge in [0.1, 0.15) is 0 Å². The number of nitrogens with zero attached hydrogens (tertiary/aromatic N) is 1. The summed E-state index contributed by atoms with van der Waals surface area (Å²) < 4.78 is 25.6. The van der Waals surface area contributed by atoms with Crippen LogP contribution in [-0.4, -0.2) is 44.7 Å². The van der Waals surface area contributed by atoms with E-state index in [1.165, 1.54) is 0 Å². The van der Waals surface area contributed by atoms with Crippen molar-refractivity contribution >= 4 is 10.0 Å². The van der Waals surface area contributed by atoms with Gasteiger partial charge in [-0.2, -0.15) is 4.31 Å². The molecule has 1 unspecified atom stereocenters. The number of rotatable bonds is 5. The molecule has 0 spiro atoms. The second-order valence-corrected chi connectivity index (χ2v) is 6.34. The average molecular weight is 234 g/mol. The standard InChI is InChI=1S/C10H22N2O2S/c1-3-4-10(2)9-15(13,14)12-7-5-11-6-8-12/h10-11H,3-9H2,1-2H3. The van der Waals surface area contributed by atoms with Gasteiger partial charge in [-0.3, -0.25) is 0 Å². The van der Waals surface area contributed by atoms with Crippen molar-refractivity contribution in [3.8, 4) is 0 Å². The van der Waals surface area contributed by atoms with Gasteiger partial charge in [-0.1, -0.05) is 20.3 Å². The number of hydrogen-bond donors (Lipinski definition) is 1. The van der Waals surface area contributed by atoms with Gasteiger partial charge in [0.05, 0.1) is 5.75 Å². The summed E-state index contributed by atoms with van der Waals surface area (Å²) in [6, 6.07) is 0. The lowest BCUT2D eigenvalue weighted by Crippen LogP contribution is -2.47. The van der Waals surface area contributed by atoms with Crippen LogP contribution < -0.4 is 5.32 Å². The van der Waals surface area contributed by atoms with Gasteiger partial charge in [-0.15, -0.1) is 0 Å². The lowest BCUT2D eigenvalue weighted by atomic mass is 10.1. The maximum Gasteiger partial charge on any atom is 0.214 e. The second kappa shape index (κ2) is 5.82. The van der Waals surface area contributed by atoms with Crippen LogP contribution in [-0.2, 0) is 10.0 Å². The lowest BCUT2D eigenvalue weighted by Gasteiger charge is -2.27. The molecular weight excluding hydrogens is 212 g/mol. The number of nitrogens with one attached hydrogen (secondary N) is 1. The molecule has 0 aromatic carbocycles. The average Bonchev–Trinajstić information content (AvgIpc) is 2.18. The third-order valence-electron chi connectivity index (χ3n) is 2.75. The van der Waals surface area contributed by atoms with Crippen LogP contribution in [0, 0.1) is 5.92 Å². The van der Waals surface area contributed by atoms with Crippen LogP contribution in [0.5, 0.6) is 0 Å². The van der Waals surface area contributed by atoms with Gasteiger partial charge < -0.3 is 5.32 Å². The highest BCUT2D eigenvalue weighted by Gasteiger charge is 2.25. The normalized spacial score (nSPS) is 21.5. The smallest absolute Gasteiger partial charge is 0.214 e. The second-order valence-electron chi connectivity index (χ2n) is 4.32. The Kier molecular flexibility index (Phi) is 5.02. The summed E-state index contributed by atoms with van der Waals surface area (Å²) >= 11 is 0. The molecule has 1 heterocycles. The molecular formula is C10H22N2O2S. The van der Waals surface area contributed by atoms with Gasteiger partial charge >= 0.3 is 0 Å². The Morgan fingerprint density at radius 2 is 1.93 bits per heavy atom. The minimum atomic E-state index is -3.01. The van der Waals surface area contributed by atoms with Gasteiger partial charge in [0.2, 0.25) is 10.0 Å². The van der Waals surface area contributed by atoms with E-state index >= 15 is 0 Å². The molecule has 0 aromatic rings. The summed E-state index contributed by atoms with van der Waals surface area (Å²) in [7, 11) is -3.01. The zero-order valence-electron chi connectivity index (χ0n) is 9.70. The minimum Gasteiger partial charge on any atom is -0.314 e. The van der Waals surface area contributed by atoms with Crippen molar-refractivity contribution < 1.29 is 8.42 Å². The topological polar surface area (TPSA) is 49.4 Å². The maximum absolute atomic E-state index is 12.0. The Morgan fingerprint density at radius 3 is 2.47 bits per heavy atom. The molecule has 0 aliphatic carbocycles. The van der Waals surface area contributed by atoms with Gasteiger partial charge in [0.25, 0.3) is 0 Å². The lowest BCUT2D eigenvalue weighted by molar-refractivity contribution is 0.356. The van der Waals surface area contributed by atoms with Crippen LogP contribution in [0.4, 0.5) is 0 Å². The van der Waals surface area contributed by atoms with E-state index in [4.69, 9.17) is 0 Å². The van der Waals surface area contributed by atoms with E-state index in [0.29, 0.717) is 18.8 Å². The van der Waals surface area contributed by atoms with E-state index in [2.05, 4.69) is 12.2 Å². The highest BCUT2D eigenvalue weighted by molar-refractivity contribution is 7.89. The first-order valence-corrected chi connectivity index (χ1v) is 7.35. The molecule has 1 N–H and O–H groups in total. The first-order chi connectivity index (χ1) is 7.06. The molecule has 0 radical (unpaired) electrons. The van der Waals surface area contributed by atoms with E-state index in [1.807, 2.05) is 6.92 Å². The van der Waals surface area contributed by atoms with Crippen LogP contribution >= 0.6 is 0 Å². The molecule has 0 saturated carbocycles. The van der Waals surface area contributed by atoms with E-state index in [-0.39, 0.29) is 5.92 Å². The Morgan fingerprint density at radius 1 is 1.33 bits per heavy atom. The van der Waals surface area contributed by atoms with Crippen molar-refractivity contribution in [2.45, 2.75) is 26.7 Å². The van der Waals surface area contributed by atoms with Gasteiger partial charge in [0, 0.05) is 26.2 Å². The zero-order valence-corrected chi connectivity index (χ0v) is 10.5. The highest BCUT2D eigenvalue weighted by atomic mass is 32.2. The summed E-state index contributed by atoms with van der Waals surface area (Å²) in [6.07, 6.45) is 2.05. The predicted octanol–water partition coefficient (Wildman–Crippen LogP) is 0.658. The fraction of sp³-hybridized carbons (Fsp3) is 1.00. The van der Waals surface area contributed by atoms with E-state index < -0.39 is 10.0 Å². The fourth-order valence-electron chi connectivity index (χ4n) is 1.96. The molecule has 90 valence electrons. The molecule has 5 heteroatoms. The van der Waals surface area contributed by atoms with E-state index in [9.17, 15) is 8.42 Å². The molecule has 0 bridgehead atoms. The van der Waals surface area contributed by atoms with Crippen LogP contribution in [0.15, 0.2) is 0 Å². The Bertz CT molecular complexity index is 271. The summed E-state index contributed by atoms with van der Waals surface area (Å²) in [4.78, 5) is 0. The molecule has 0 aromatic heterocycles. The third-order valence-corrected chi connectivity index (χ3v) is 4.89. The number of sulfonamides is 1. The van der Waals surface area contributed by atoms with Gasteiger partial charge in [-0.05, 0) is 12.3 Å². The molecule has 0 amide bonds. The van der Waals surface area contributed by atoms with E-state index in [1.54, 1.807) is 4.31 Å². The number of hydrogen-bond acceptors (Lipinski definition) is 3. The molecule has 1 fully saturated rings. The van der Waals surface area contributed by atoms with Crippen molar-refractivity contribution in [3.63, 3.8) is 0 Å². The third kappa shape index (κ3) is 4.09. The first kappa shape index (κ1) is 12.9. The zero-order chi connectivity index (χ0) is 11.3. The summed E-state index contributed by atoms with van der Waals surface area (Å²) in [5.74, 6) is 0.579. The van der Waals surface area contributed by atoms with Gasteiger partial charge in [0.15, 0.2) is 0 Å². The molecule has 1 atom stereocenters. The van der Waals surface area contributed by atoms with Crippen LogP contribution in [0.2, 0.25) is 0 Å².